The SMILES string of the molecule is CNCC(C(=O)O)C(=O)OCC1OC(O)C(OOc2ccc3c(c2)C2Oc4cc5c(cc4C2CO3)OCO5)C(O)C1O. The molecule has 2 aromatic rings. The van der Waals surface area contributed by atoms with Crippen LogP contribution in [-0.2, 0) is 24.0 Å². The standard InChI is InChI=1S/C27H29NO14/c1-28-7-14(25(31)32)26(33)36-9-20-21(29)22(30)24(27(34)40-20)42-41-11-2-3-16-13(4-11)23-15(8-35-16)12-5-18-19(38-10-37-18)6-17(12)39-23/h2-6,14-15,20-24,27-30,34H,7-10H2,1H3,(H,31,32). The lowest BCUT2D eigenvalue weighted by Crippen LogP contribution is -2.60. The van der Waals surface area contributed by atoms with Crippen LogP contribution in [0.3, 0.4) is 0 Å². The number of carbonyl (C=O) groups excluding carboxylic acids is 1. The minimum Gasteiger partial charge on any atom is -0.492 e. The van der Waals surface area contributed by atoms with E-state index in [1.807, 2.05) is 6.07 Å². The molecule has 4 heterocycles. The van der Waals surface area contributed by atoms with Crippen LogP contribution in [0.5, 0.6) is 28.7 Å². The van der Waals surface area contributed by atoms with Crippen LogP contribution < -0.4 is 29.2 Å². The van der Waals surface area contributed by atoms with E-state index >= 15 is 0 Å². The van der Waals surface area contributed by atoms with Gasteiger partial charge in [0.15, 0.2) is 35.6 Å². The van der Waals surface area contributed by atoms with Gasteiger partial charge in [-0.3, -0.25) is 9.59 Å². The highest BCUT2D eigenvalue weighted by molar-refractivity contribution is 5.94. The van der Waals surface area contributed by atoms with Crippen molar-refractivity contribution in [3.63, 3.8) is 0 Å². The highest BCUT2D eigenvalue weighted by Gasteiger charge is 2.47. The van der Waals surface area contributed by atoms with Crippen LogP contribution in [0.25, 0.3) is 0 Å². The average Bonchev–Trinajstić information content (AvgIpc) is 3.59. The number of aliphatic hydroxyl groups excluding tert-OH is 3. The Morgan fingerprint density at radius 3 is 2.55 bits per heavy atom. The van der Waals surface area contributed by atoms with E-state index in [9.17, 15) is 24.9 Å². The molecule has 15 nitrogen and oxygen atoms in total. The number of aliphatic carboxylic acids is 1. The molecule has 15 heteroatoms. The number of carboxylic acids is 1. The van der Waals surface area contributed by atoms with Gasteiger partial charge in [-0.1, -0.05) is 0 Å². The predicted molar refractivity (Wildman–Crippen MR) is 135 cm³/mol. The lowest BCUT2D eigenvalue weighted by Gasteiger charge is -2.39. The smallest absolute Gasteiger partial charge is 0.321 e. The van der Waals surface area contributed by atoms with Crippen molar-refractivity contribution < 1.29 is 68.2 Å². The first-order valence-corrected chi connectivity index (χ1v) is 13.2. The van der Waals surface area contributed by atoms with Crippen LogP contribution in [0.1, 0.15) is 23.1 Å². The van der Waals surface area contributed by atoms with Crippen LogP contribution in [-0.4, -0.2) is 96.7 Å². The Balaban J connectivity index is 1.08. The zero-order valence-corrected chi connectivity index (χ0v) is 22.2. The number of hydrogen-bond acceptors (Lipinski definition) is 14. The number of carboxylic acid groups (broad SMARTS) is 1. The number of nitrogens with one attached hydrogen (secondary N) is 1. The predicted octanol–water partition coefficient (Wildman–Crippen LogP) is -0.394. The van der Waals surface area contributed by atoms with E-state index in [2.05, 4.69) is 5.32 Å². The van der Waals surface area contributed by atoms with Crippen molar-refractivity contribution in [1.29, 1.82) is 0 Å². The molecular formula is C27H29NO14. The molecule has 226 valence electrons. The number of rotatable bonds is 9. The summed E-state index contributed by atoms with van der Waals surface area (Å²) < 4.78 is 33.4. The number of esters is 1. The molecule has 8 unspecified atom stereocenters. The topological polar surface area (TPSA) is 201 Å². The van der Waals surface area contributed by atoms with E-state index in [1.165, 1.54) is 7.05 Å². The molecule has 0 aliphatic carbocycles. The van der Waals surface area contributed by atoms with Gasteiger partial charge in [0.05, 0.1) is 12.5 Å². The van der Waals surface area contributed by atoms with Crippen LogP contribution in [0.4, 0.5) is 0 Å². The summed E-state index contributed by atoms with van der Waals surface area (Å²) in [5, 5.41) is 43.3. The molecule has 0 spiro atoms. The molecule has 0 aromatic heterocycles. The largest absolute Gasteiger partial charge is 0.492 e. The van der Waals surface area contributed by atoms with Crippen LogP contribution in [0, 0.1) is 5.92 Å². The fraction of sp³-hybridized carbons (Fsp3) is 0.481. The average molecular weight is 592 g/mol. The fourth-order valence-electron chi connectivity index (χ4n) is 5.30. The van der Waals surface area contributed by atoms with Gasteiger partial charge in [-0.2, -0.15) is 4.89 Å². The molecule has 6 rings (SSSR count). The summed E-state index contributed by atoms with van der Waals surface area (Å²) in [4.78, 5) is 34.0. The Morgan fingerprint density at radius 2 is 1.79 bits per heavy atom. The number of benzene rings is 2. The number of ether oxygens (including phenoxy) is 6. The molecule has 4 aliphatic heterocycles. The highest BCUT2D eigenvalue weighted by Crippen LogP contribution is 2.54. The molecule has 0 saturated carbocycles. The van der Waals surface area contributed by atoms with Crippen LogP contribution in [0.15, 0.2) is 30.3 Å². The summed E-state index contributed by atoms with van der Waals surface area (Å²) in [5.41, 5.74) is 1.61. The molecule has 1 fully saturated rings. The van der Waals surface area contributed by atoms with Crippen molar-refractivity contribution in [3.8, 4) is 28.7 Å². The van der Waals surface area contributed by atoms with Gasteiger partial charge in [0.2, 0.25) is 6.79 Å². The molecule has 4 aliphatic rings. The Hall–Kier alpha value is -3.86. The molecule has 5 N–H and O–H groups in total. The van der Waals surface area contributed by atoms with E-state index in [0.717, 1.165) is 5.56 Å². The molecule has 0 radical (unpaired) electrons. The minimum absolute atomic E-state index is 0.112. The van der Waals surface area contributed by atoms with Gasteiger partial charge >= 0.3 is 11.9 Å². The second kappa shape index (κ2) is 11.4. The van der Waals surface area contributed by atoms with Gasteiger partial charge in [0.25, 0.3) is 0 Å². The van der Waals surface area contributed by atoms with Crippen molar-refractivity contribution in [2.75, 3.05) is 33.6 Å². The lowest BCUT2D eigenvalue weighted by atomic mass is 9.89. The highest BCUT2D eigenvalue weighted by atomic mass is 17.2. The first kappa shape index (κ1) is 28.3. The summed E-state index contributed by atoms with van der Waals surface area (Å²) >= 11 is 0. The maximum Gasteiger partial charge on any atom is 0.321 e. The second-order valence-corrected chi connectivity index (χ2v) is 10.2. The fourth-order valence-corrected chi connectivity index (χ4v) is 5.30. The molecule has 1 saturated heterocycles. The van der Waals surface area contributed by atoms with Crippen molar-refractivity contribution in [2.24, 2.45) is 5.92 Å². The van der Waals surface area contributed by atoms with E-state index in [4.69, 9.17) is 43.3 Å². The number of carbonyl (C=O) groups is 2. The maximum atomic E-state index is 12.1. The molecule has 0 amide bonds. The lowest BCUT2D eigenvalue weighted by molar-refractivity contribution is -0.365. The number of aliphatic hydroxyl groups is 3. The molecule has 8 atom stereocenters. The monoisotopic (exact) mass is 591 g/mol. The Bertz CT molecular complexity index is 1350. The summed E-state index contributed by atoms with van der Waals surface area (Å²) in [6.45, 7) is -0.259. The third-order valence-electron chi connectivity index (χ3n) is 7.53. The van der Waals surface area contributed by atoms with Crippen LogP contribution >= 0.6 is 0 Å². The van der Waals surface area contributed by atoms with Gasteiger partial charge in [-0.05, 0) is 31.3 Å². The van der Waals surface area contributed by atoms with Gasteiger partial charge in [0, 0.05) is 23.7 Å². The Kier molecular flexibility index (Phi) is 7.69. The maximum absolute atomic E-state index is 12.1. The normalized spacial score (nSPS) is 29.3. The summed E-state index contributed by atoms with van der Waals surface area (Å²) in [7, 11) is 1.47. The zero-order valence-electron chi connectivity index (χ0n) is 22.2. The van der Waals surface area contributed by atoms with E-state index < -0.39 is 55.2 Å². The van der Waals surface area contributed by atoms with E-state index in [1.54, 1.807) is 24.3 Å². The summed E-state index contributed by atoms with van der Waals surface area (Å²) in [5.74, 6) is -1.38. The second-order valence-electron chi connectivity index (χ2n) is 10.2. The Morgan fingerprint density at radius 1 is 1.00 bits per heavy atom. The zero-order chi connectivity index (χ0) is 29.5. The van der Waals surface area contributed by atoms with Gasteiger partial charge in [-0.25, -0.2) is 0 Å². The van der Waals surface area contributed by atoms with Crippen LogP contribution in [0.2, 0.25) is 0 Å². The van der Waals surface area contributed by atoms with Gasteiger partial charge < -0.3 is 59.1 Å². The molecule has 0 bridgehead atoms. The van der Waals surface area contributed by atoms with Crippen molar-refractivity contribution in [2.45, 2.75) is 42.7 Å². The quantitative estimate of drug-likeness (QED) is 0.109. The number of hydrogen-bond donors (Lipinski definition) is 5. The third-order valence-corrected chi connectivity index (χ3v) is 7.53. The number of fused-ring (bicyclic) bond motifs is 6. The third kappa shape index (κ3) is 5.14. The van der Waals surface area contributed by atoms with Crippen molar-refractivity contribution in [3.05, 3.63) is 41.5 Å². The Labute approximate surface area is 238 Å². The summed E-state index contributed by atoms with van der Waals surface area (Å²) in [6, 6.07) is 8.55. The van der Waals surface area contributed by atoms with E-state index in [-0.39, 0.29) is 31.1 Å². The first-order chi connectivity index (χ1) is 20.2. The first-order valence-electron chi connectivity index (χ1n) is 13.2. The minimum atomic E-state index is -1.79. The van der Waals surface area contributed by atoms with Gasteiger partial charge in [0.1, 0.15) is 42.5 Å². The summed E-state index contributed by atoms with van der Waals surface area (Å²) in [6.07, 6.45) is -8.46. The van der Waals surface area contributed by atoms with Crippen molar-refractivity contribution >= 4 is 11.9 Å². The molecule has 42 heavy (non-hydrogen) atoms. The molecule has 2 aromatic carbocycles. The molecular weight excluding hydrogens is 562 g/mol. The van der Waals surface area contributed by atoms with Crippen molar-refractivity contribution in [1.82, 2.24) is 5.32 Å². The van der Waals surface area contributed by atoms with E-state index in [0.29, 0.717) is 35.2 Å². The van der Waals surface area contributed by atoms with Gasteiger partial charge in [-0.15, -0.1) is 0 Å².